The molecule has 1 atom stereocenters. The maximum atomic E-state index is 3.64. The summed E-state index contributed by atoms with van der Waals surface area (Å²) in [6, 6.07) is 10.7. The van der Waals surface area contributed by atoms with Crippen LogP contribution in [0.4, 0.5) is 0 Å². The first-order valence-electron chi connectivity index (χ1n) is 8.91. The van der Waals surface area contributed by atoms with E-state index in [9.17, 15) is 0 Å². The van der Waals surface area contributed by atoms with Crippen molar-refractivity contribution in [2.45, 2.75) is 70.5 Å². The van der Waals surface area contributed by atoms with Gasteiger partial charge in [0.1, 0.15) is 0 Å². The van der Waals surface area contributed by atoms with Gasteiger partial charge in [-0.1, -0.05) is 37.6 Å². The van der Waals surface area contributed by atoms with Crippen molar-refractivity contribution in [3.63, 3.8) is 0 Å². The summed E-state index contributed by atoms with van der Waals surface area (Å²) in [6.07, 6.45) is 9.43. The fourth-order valence-electron chi connectivity index (χ4n) is 3.60. The highest BCUT2D eigenvalue weighted by Gasteiger charge is 2.22. The zero-order valence-electron chi connectivity index (χ0n) is 13.5. The van der Waals surface area contributed by atoms with Crippen LogP contribution in [0.2, 0.25) is 0 Å². The molecule has 1 aliphatic carbocycles. The maximum absolute atomic E-state index is 3.64. The molecule has 1 saturated heterocycles. The van der Waals surface area contributed by atoms with E-state index in [2.05, 4.69) is 41.4 Å². The van der Waals surface area contributed by atoms with Gasteiger partial charge in [0.25, 0.3) is 0 Å². The average Bonchev–Trinajstić information content (AvgIpc) is 3.34. The van der Waals surface area contributed by atoms with Gasteiger partial charge in [0.05, 0.1) is 0 Å². The number of piperidine rings is 1. The third-order valence-electron chi connectivity index (χ3n) is 5.12. The summed E-state index contributed by atoms with van der Waals surface area (Å²) in [5.74, 6) is 0. The van der Waals surface area contributed by atoms with Crippen LogP contribution in [0.3, 0.4) is 0 Å². The van der Waals surface area contributed by atoms with E-state index in [1.807, 2.05) is 0 Å². The molecule has 0 bridgehead atoms. The summed E-state index contributed by atoms with van der Waals surface area (Å²) < 4.78 is 0. The highest BCUT2D eigenvalue weighted by atomic mass is 15.2. The third kappa shape index (κ3) is 4.31. The first-order valence-corrected chi connectivity index (χ1v) is 8.91. The molecule has 2 heteroatoms. The van der Waals surface area contributed by atoms with E-state index in [0.29, 0.717) is 0 Å². The Morgan fingerprint density at radius 2 is 1.90 bits per heavy atom. The zero-order valence-corrected chi connectivity index (χ0v) is 13.5. The smallest absolute Gasteiger partial charge is 0.0239 e. The van der Waals surface area contributed by atoms with Gasteiger partial charge in [-0.25, -0.2) is 0 Å². The van der Waals surface area contributed by atoms with Crippen molar-refractivity contribution in [2.24, 2.45) is 0 Å². The summed E-state index contributed by atoms with van der Waals surface area (Å²) in [4.78, 5) is 2.72. The lowest BCUT2D eigenvalue weighted by molar-refractivity contribution is 0.136. The standard InChI is InChI=1S/C19H30N2/c1-2-19-9-5-6-14-21(19)15-17-8-4-3-7-16(17)12-13-20-18-10-11-18/h3-4,7-8,18-20H,2,5-6,9-15H2,1H3. The monoisotopic (exact) mass is 286 g/mol. The van der Waals surface area contributed by atoms with E-state index in [1.165, 1.54) is 51.5 Å². The highest BCUT2D eigenvalue weighted by molar-refractivity contribution is 5.27. The van der Waals surface area contributed by atoms with Gasteiger partial charge in [0, 0.05) is 18.6 Å². The number of hydrogen-bond donors (Lipinski definition) is 1. The lowest BCUT2D eigenvalue weighted by Crippen LogP contribution is -2.38. The van der Waals surface area contributed by atoms with Crippen molar-refractivity contribution in [1.29, 1.82) is 0 Å². The predicted molar refractivity (Wildman–Crippen MR) is 89.5 cm³/mol. The molecule has 21 heavy (non-hydrogen) atoms. The van der Waals surface area contributed by atoms with Crippen molar-refractivity contribution in [3.8, 4) is 0 Å². The summed E-state index contributed by atoms with van der Waals surface area (Å²) in [5.41, 5.74) is 3.10. The van der Waals surface area contributed by atoms with E-state index < -0.39 is 0 Å². The van der Waals surface area contributed by atoms with Crippen molar-refractivity contribution in [2.75, 3.05) is 13.1 Å². The van der Waals surface area contributed by atoms with Crippen LogP contribution in [-0.4, -0.2) is 30.1 Å². The van der Waals surface area contributed by atoms with Crippen LogP contribution in [0.15, 0.2) is 24.3 Å². The number of nitrogens with zero attached hydrogens (tertiary/aromatic N) is 1. The minimum Gasteiger partial charge on any atom is -0.314 e. The largest absolute Gasteiger partial charge is 0.314 e. The topological polar surface area (TPSA) is 15.3 Å². The van der Waals surface area contributed by atoms with Gasteiger partial charge in [-0.05, 0) is 62.7 Å². The molecule has 2 aliphatic rings. The minimum atomic E-state index is 0.802. The van der Waals surface area contributed by atoms with Crippen LogP contribution in [0.1, 0.15) is 56.6 Å². The molecular formula is C19H30N2. The number of rotatable bonds is 7. The number of nitrogens with one attached hydrogen (secondary N) is 1. The van der Waals surface area contributed by atoms with Crippen molar-refractivity contribution in [3.05, 3.63) is 35.4 Å². The molecule has 1 aromatic carbocycles. The van der Waals surface area contributed by atoms with Crippen LogP contribution < -0.4 is 5.32 Å². The Morgan fingerprint density at radius 1 is 1.10 bits per heavy atom. The van der Waals surface area contributed by atoms with Crippen LogP contribution in [0.25, 0.3) is 0 Å². The molecule has 1 N–H and O–H groups in total. The Morgan fingerprint density at radius 3 is 2.67 bits per heavy atom. The Balaban J connectivity index is 1.60. The summed E-state index contributed by atoms with van der Waals surface area (Å²) >= 11 is 0. The van der Waals surface area contributed by atoms with E-state index in [-0.39, 0.29) is 0 Å². The number of likely N-dealkylation sites (tertiary alicyclic amines) is 1. The van der Waals surface area contributed by atoms with Crippen molar-refractivity contribution >= 4 is 0 Å². The van der Waals surface area contributed by atoms with Gasteiger partial charge < -0.3 is 5.32 Å². The first kappa shape index (κ1) is 15.1. The Bertz CT molecular complexity index is 439. The molecule has 1 aromatic rings. The van der Waals surface area contributed by atoms with Gasteiger partial charge >= 0.3 is 0 Å². The quantitative estimate of drug-likeness (QED) is 0.821. The molecule has 0 amide bonds. The van der Waals surface area contributed by atoms with Gasteiger partial charge in [-0.2, -0.15) is 0 Å². The lowest BCUT2D eigenvalue weighted by Gasteiger charge is -2.35. The van der Waals surface area contributed by atoms with Crippen LogP contribution in [0.5, 0.6) is 0 Å². The first-order chi connectivity index (χ1) is 10.4. The van der Waals surface area contributed by atoms with Gasteiger partial charge in [-0.3, -0.25) is 4.90 Å². The Labute approximate surface area is 129 Å². The summed E-state index contributed by atoms with van der Waals surface area (Å²) in [7, 11) is 0. The SMILES string of the molecule is CCC1CCCCN1Cc1ccccc1CCNC1CC1. The average molecular weight is 286 g/mol. The normalized spacial score (nSPS) is 23.4. The van der Waals surface area contributed by atoms with Gasteiger partial charge in [0.15, 0.2) is 0 Å². The van der Waals surface area contributed by atoms with Gasteiger partial charge in [-0.15, -0.1) is 0 Å². The molecule has 1 heterocycles. The second-order valence-electron chi connectivity index (χ2n) is 6.78. The van der Waals surface area contributed by atoms with E-state index in [0.717, 1.165) is 25.2 Å². The molecule has 2 fully saturated rings. The molecule has 1 aliphatic heterocycles. The molecular weight excluding hydrogens is 256 g/mol. The van der Waals surface area contributed by atoms with Crippen LogP contribution >= 0.6 is 0 Å². The maximum Gasteiger partial charge on any atom is 0.0239 e. The zero-order chi connectivity index (χ0) is 14.5. The fourth-order valence-corrected chi connectivity index (χ4v) is 3.60. The molecule has 0 spiro atoms. The van der Waals surface area contributed by atoms with Gasteiger partial charge in [0.2, 0.25) is 0 Å². The molecule has 0 aromatic heterocycles. The second-order valence-corrected chi connectivity index (χ2v) is 6.78. The fraction of sp³-hybridized carbons (Fsp3) is 0.684. The molecule has 0 radical (unpaired) electrons. The molecule has 116 valence electrons. The lowest BCUT2D eigenvalue weighted by atomic mass is 9.97. The third-order valence-corrected chi connectivity index (χ3v) is 5.12. The van der Waals surface area contributed by atoms with Crippen LogP contribution in [-0.2, 0) is 13.0 Å². The molecule has 1 unspecified atom stereocenters. The Kier molecular flexibility index (Phi) is 5.32. The van der Waals surface area contributed by atoms with Crippen molar-refractivity contribution in [1.82, 2.24) is 10.2 Å². The number of hydrogen-bond acceptors (Lipinski definition) is 2. The number of benzene rings is 1. The summed E-state index contributed by atoms with van der Waals surface area (Å²) in [6.45, 7) is 5.92. The van der Waals surface area contributed by atoms with E-state index in [4.69, 9.17) is 0 Å². The van der Waals surface area contributed by atoms with Crippen molar-refractivity contribution < 1.29 is 0 Å². The second kappa shape index (κ2) is 7.42. The van der Waals surface area contributed by atoms with Crippen LogP contribution in [0, 0.1) is 0 Å². The van der Waals surface area contributed by atoms with E-state index in [1.54, 1.807) is 11.1 Å². The summed E-state index contributed by atoms with van der Waals surface area (Å²) in [5, 5.41) is 3.64. The predicted octanol–water partition coefficient (Wildman–Crippen LogP) is 3.75. The minimum absolute atomic E-state index is 0.802. The highest BCUT2D eigenvalue weighted by Crippen LogP contribution is 2.23. The van der Waals surface area contributed by atoms with E-state index >= 15 is 0 Å². The Hall–Kier alpha value is -0.860. The molecule has 3 rings (SSSR count). The molecule has 2 nitrogen and oxygen atoms in total. The molecule has 1 saturated carbocycles.